The van der Waals surface area contributed by atoms with Crippen LogP contribution in [0.4, 0.5) is 0 Å². The lowest BCUT2D eigenvalue weighted by Crippen LogP contribution is -2.19. The molecule has 0 saturated carbocycles. The number of oxime groups is 1. The van der Waals surface area contributed by atoms with Crippen molar-refractivity contribution in [2.45, 2.75) is 6.92 Å². The minimum atomic E-state index is -0.656. The molecule has 0 aliphatic carbocycles. The summed E-state index contributed by atoms with van der Waals surface area (Å²) in [4.78, 5) is 15.7. The fraction of sp³-hybridized carbons (Fsp3) is 0.154. The third kappa shape index (κ3) is 2.15. The predicted octanol–water partition coefficient (Wildman–Crippen LogP) is 1.98. The number of hydrogen-bond donors (Lipinski definition) is 1. The molecule has 2 aromatic rings. The lowest BCUT2D eigenvalue weighted by molar-refractivity contribution is -0.135. The number of nitrogens with zero attached hydrogens (tertiary/aromatic N) is 2. The first-order valence-corrected chi connectivity index (χ1v) is 5.50. The van der Waals surface area contributed by atoms with Crippen LogP contribution in [0, 0.1) is 0 Å². The van der Waals surface area contributed by atoms with Crippen molar-refractivity contribution in [2.75, 3.05) is 6.61 Å². The zero-order valence-electron chi connectivity index (χ0n) is 9.83. The van der Waals surface area contributed by atoms with Gasteiger partial charge in [-0.2, -0.15) is 0 Å². The SMILES string of the molecule is CCOC(=O)/C(=N/O)c1cccc2ccncc12. The summed E-state index contributed by atoms with van der Waals surface area (Å²) in [5.74, 6) is -0.656. The molecule has 0 spiro atoms. The summed E-state index contributed by atoms with van der Waals surface area (Å²) in [7, 11) is 0. The fourth-order valence-electron chi connectivity index (χ4n) is 1.72. The average Bonchev–Trinajstić information content (AvgIpc) is 2.40. The molecule has 1 aromatic carbocycles. The summed E-state index contributed by atoms with van der Waals surface area (Å²) in [5, 5.41) is 13.7. The Morgan fingerprint density at radius 1 is 1.44 bits per heavy atom. The molecule has 0 aliphatic rings. The molecular weight excluding hydrogens is 232 g/mol. The molecular formula is C13H12N2O3. The van der Waals surface area contributed by atoms with E-state index in [1.165, 1.54) is 0 Å². The van der Waals surface area contributed by atoms with Crippen LogP contribution >= 0.6 is 0 Å². The first-order valence-electron chi connectivity index (χ1n) is 5.50. The minimum absolute atomic E-state index is 0.115. The van der Waals surface area contributed by atoms with Crippen LogP contribution in [0.3, 0.4) is 0 Å². The van der Waals surface area contributed by atoms with Gasteiger partial charge in [0.2, 0.25) is 0 Å². The molecule has 0 saturated heterocycles. The van der Waals surface area contributed by atoms with Gasteiger partial charge in [0.25, 0.3) is 0 Å². The monoisotopic (exact) mass is 244 g/mol. The van der Waals surface area contributed by atoms with E-state index in [-0.39, 0.29) is 12.3 Å². The molecule has 18 heavy (non-hydrogen) atoms. The van der Waals surface area contributed by atoms with E-state index >= 15 is 0 Å². The Morgan fingerprint density at radius 3 is 3.00 bits per heavy atom. The topological polar surface area (TPSA) is 71.8 Å². The first-order chi connectivity index (χ1) is 8.77. The molecule has 5 nitrogen and oxygen atoms in total. The molecule has 0 atom stereocenters. The molecule has 0 unspecified atom stereocenters. The normalized spacial score (nSPS) is 11.5. The van der Waals surface area contributed by atoms with E-state index in [9.17, 15) is 4.79 Å². The van der Waals surface area contributed by atoms with Crippen molar-refractivity contribution in [3.8, 4) is 0 Å². The van der Waals surface area contributed by atoms with Gasteiger partial charge in [-0.05, 0) is 18.4 Å². The summed E-state index contributed by atoms with van der Waals surface area (Å²) in [6.07, 6.45) is 3.28. The summed E-state index contributed by atoms with van der Waals surface area (Å²) in [6.45, 7) is 1.92. The Bertz CT molecular complexity index is 603. The molecule has 92 valence electrons. The van der Waals surface area contributed by atoms with Crippen LogP contribution in [0.25, 0.3) is 10.8 Å². The molecule has 1 aromatic heterocycles. The summed E-state index contributed by atoms with van der Waals surface area (Å²) in [5.41, 5.74) is 0.386. The van der Waals surface area contributed by atoms with Gasteiger partial charge in [0.15, 0.2) is 5.71 Å². The second kappa shape index (κ2) is 5.27. The third-order valence-electron chi connectivity index (χ3n) is 2.51. The van der Waals surface area contributed by atoms with Gasteiger partial charge in [-0.1, -0.05) is 23.4 Å². The fourth-order valence-corrected chi connectivity index (χ4v) is 1.72. The van der Waals surface area contributed by atoms with Crippen molar-refractivity contribution in [1.29, 1.82) is 0 Å². The zero-order chi connectivity index (χ0) is 13.0. The van der Waals surface area contributed by atoms with Gasteiger partial charge >= 0.3 is 5.97 Å². The van der Waals surface area contributed by atoms with Crippen LogP contribution in [0.15, 0.2) is 41.8 Å². The largest absolute Gasteiger partial charge is 0.461 e. The Morgan fingerprint density at radius 2 is 2.28 bits per heavy atom. The number of aromatic nitrogens is 1. The zero-order valence-corrected chi connectivity index (χ0v) is 9.83. The quantitative estimate of drug-likeness (QED) is 0.388. The van der Waals surface area contributed by atoms with Gasteiger partial charge < -0.3 is 9.94 Å². The van der Waals surface area contributed by atoms with E-state index in [1.807, 2.05) is 12.1 Å². The molecule has 5 heteroatoms. The molecule has 0 fully saturated rings. The van der Waals surface area contributed by atoms with Gasteiger partial charge in [0.05, 0.1) is 6.61 Å². The highest BCUT2D eigenvalue weighted by Crippen LogP contribution is 2.18. The number of carbonyl (C=O) groups excluding carboxylic acids is 1. The number of pyridine rings is 1. The number of rotatable bonds is 3. The number of hydrogen-bond acceptors (Lipinski definition) is 5. The molecule has 1 heterocycles. The molecule has 0 aliphatic heterocycles. The Labute approximate surface area is 104 Å². The second-order valence-electron chi connectivity index (χ2n) is 3.57. The van der Waals surface area contributed by atoms with Crippen molar-refractivity contribution in [1.82, 2.24) is 4.98 Å². The molecule has 0 bridgehead atoms. The van der Waals surface area contributed by atoms with Crippen molar-refractivity contribution >= 4 is 22.5 Å². The maximum atomic E-state index is 11.7. The van der Waals surface area contributed by atoms with Gasteiger partial charge in [-0.15, -0.1) is 0 Å². The van der Waals surface area contributed by atoms with Crippen LogP contribution < -0.4 is 0 Å². The predicted molar refractivity (Wildman–Crippen MR) is 66.7 cm³/mol. The Kier molecular flexibility index (Phi) is 3.52. The summed E-state index contributed by atoms with van der Waals surface area (Å²) >= 11 is 0. The lowest BCUT2D eigenvalue weighted by atomic mass is 10.0. The highest BCUT2D eigenvalue weighted by atomic mass is 16.5. The van der Waals surface area contributed by atoms with Crippen molar-refractivity contribution in [3.05, 3.63) is 42.2 Å². The first kappa shape index (κ1) is 12.0. The van der Waals surface area contributed by atoms with Gasteiger partial charge in [0, 0.05) is 23.3 Å². The second-order valence-corrected chi connectivity index (χ2v) is 3.57. The Hall–Kier alpha value is -2.43. The highest BCUT2D eigenvalue weighted by Gasteiger charge is 2.18. The Balaban J connectivity index is 2.56. The van der Waals surface area contributed by atoms with Gasteiger partial charge in [0.1, 0.15) is 0 Å². The van der Waals surface area contributed by atoms with E-state index in [0.717, 1.165) is 10.8 Å². The number of esters is 1. The van der Waals surface area contributed by atoms with Crippen LogP contribution in [-0.4, -0.2) is 28.5 Å². The maximum Gasteiger partial charge on any atom is 0.361 e. The number of fused-ring (bicyclic) bond motifs is 1. The van der Waals surface area contributed by atoms with E-state index in [4.69, 9.17) is 9.94 Å². The summed E-state index contributed by atoms with van der Waals surface area (Å²) < 4.78 is 4.85. The van der Waals surface area contributed by atoms with Crippen LogP contribution in [0.5, 0.6) is 0 Å². The van der Waals surface area contributed by atoms with Gasteiger partial charge in [-0.25, -0.2) is 4.79 Å². The van der Waals surface area contributed by atoms with Crippen LogP contribution in [0.2, 0.25) is 0 Å². The molecule has 0 amide bonds. The molecule has 0 radical (unpaired) electrons. The number of carbonyl (C=O) groups is 1. The van der Waals surface area contributed by atoms with Crippen molar-refractivity contribution in [2.24, 2.45) is 5.16 Å². The van der Waals surface area contributed by atoms with E-state index in [1.54, 1.807) is 31.5 Å². The molecule has 1 N–H and O–H groups in total. The average molecular weight is 244 g/mol. The third-order valence-corrected chi connectivity index (χ3v) is 2.51. The highest BCUT2D eigenvalue weighted by molar-refractivity contribution is 6.45. The van der Waals surface area contributed by atoms with Crippen molar-refractivity contribution < 1.29 is 14.7 Å². The molecule has 2 rings (SSSR count). The van der Waals surface area contributed by atoms with Gasteiger partial charge in [-0.3, -0.25) is 4.98 Å². The minimum Gasteiger partial charge on any atom is -0.461 e. The summed E-state index contributed by atoms with van der Waals surface area (Å²) in [6, 6.07) is 7.18. The number of benzene rings is 1. The van der Waals surface area contributed by atoms with Crippen LogP contribution in [0.1, 0.15) is 12.5 Å². The lowest BCUT2D eigenvalue weighted by Gasteiger charge is -2.07. The maximum absolute atomic E-state index is 11.7. The van der Waals surface area contributed by atoms with Crippen LogP contribution in [-0.2, 0) is 9.53 Å². The standard InChI is InChI=1S/C13H12N2O3/c1-2-18-13(16)12(15-17)10-5-3-4-9-6-7-14-8-11(9)10/h3-8,17H,2H2,1H3/b15-12+. The smallest absolute Gasteiger partial charge is 0.361 e. The van der Waals surface area contributed by atoms with E-state index in [0.29, 0.717) is 5.56 Å². The van der Waals surface area contributed by atoms with E-state index in [2.05, 4.69) is 10.1 Å². The van der Waals surface area contributed by atoms with E-state index < -0.39 is 5.97 Å². The number of ether oxygens (including phenoxy) is 1. The van der Waals surface area contributed by atoms with Crippen molar-refractivity contribution in [3.63, 3.8) is 0 Å².